The van der Waals surface area contributed by atoms with Crippen LogP contribution in [0.1, 0.15) is 26.7 Å². The van der Waals surface area contributed by atoms with Gasteiger partial charge in [-0.2, -0.15) is 0 Å². The van der Waals surface area contributed by atoms with Crippen LogP contribution in [0.15, 0.2) is 24.3 Å². The van der Waals surface area contributed by atoms with Crippen molar-refractivity contribution in [3.05, 3.63) is 30.1 Å². The number of carbonyl (C=O) groups excluding carboxylic acids is 1. The highest BCUT2D eigenvalue weighted by atomic mass is 19.1. The second kappa shape index (κ2) is 7.74. The lowest BCUT2D eigenvalue weighted by Crippen LogP contribution is -2.43. The summed E-state index contributed by atoms with van der Waals surface area (Å²) in [6.45, 7) is 4.12. The van der Waals surface area contributed by atoms with E-state index >= 15 is 0 Å². The van der Waals surface area contributed by atoms with E-state index in [0.717, 1.165) is 6.42 Å². The minimum absolute atomic E-state index is 0.184. The molecule has 5 heteroatoms. The number of ether oxygens (including phenoxy) is 1. The number of nitrogens with one attached hydrogen (secondary N) is 1. The molecule has 0 fully saturated rings. The fraction of sp³-hybridized carbons (Fsp3) is 0.500. The lowest BCUT2D eigenvalue weighted by atomic mass is 10.1. The molecule has 3 N–H and O–H groups in total. The summed E-state index contributed by atoms with van der Waals surface area (Å²) < 4.78 is 18.4. The van der Waals surface area contributed by atoms with Crippen molar-refractivity contribution < 1.29 is 13.9 Å². The lowest BCUT2D eigenvalue weighted by Gasteiger charge is -2.17. The average Bonchev–Trinajstić information content (AvgIpc) is 2.36. The van der Waals surface area contributed by atoms with Crippen molar-refractivity contribution in [1.29, 1.82) is 0 Å². The molecule has 4 nitrogen and oxygen atoms in total. The number of rotatable bonds is 7. The predicted octanol–water partition coefficient (Wildman–Crippen LogP) is 1.84. The van der Waals surface area contributed by atoms with Crippen molar-refractivity contribution in [1.82, 2.24) is 5.32 Å². The number of carbonyl (C=O) groups is 1. The van der Waals surface area contributed by atoms with Crippen LogP contribution in [0.3, 0.4) is 0 Å². The van der Waals surface area contributed by atoms with Gasteiger partial charge in [-0.25, -0.2) is 4.39 Å². The summed E-state index contributed by atoms with van der Waals surface area (Å²) >= 11 is 0. The molecule has 0 aliphatic carbocycles. The molecule has 0 saturated carbocycles. The number of amides is 1. The summed E-state index contributed by atoms with van der Waals surface area (Å²) in [6.07, 6.45) is 1.27. The molecule has 1 aromatic carbocycles. The van der Waals surface area contributed by atoms with Crippen LogP contribution in [0.2, 0.25) is 0 Å². The second-order valence-corrected chi connectivity index (χ2v) is 4.53. The molecule has 106 valence electrons. The van der Waals surface area contributed by atoms with E-state index in [0.29, 0.717) is 18.7 Å². The first-order valence-corrected chi connectivity index (χ1v) is 6.48. The fourth-order valence-corrected chi connectivity index (χ4v) is 1.63. The highest BCUT2D eigenvalue weighted by molar-refractivity contribution is 5.81. The molecule has 0 spiro atoms. The standard InChI is InChI=1S/C14H21FN2O2/c1-3-5-13(16)14(18)17-9-10(2)19-12-7-4-6-11(15)8-12/h4,6-8,10,13H,3,5,9,16H2,1-2H3,(H,17,18). The van der Waals surface area contributed by atoms with E-state index < -0.39 is 6.04 Å². The average molecular weight is 268 g/mol. The van der Waals surface area contributed by atoms with Crippen LogP contribution in [0.5, 0.6) is 5.75 Å². The Hall–Kier alpha value is -1.62. The highest BCUT2D eigenvalue weighted by Crippen LogP contribution is 2.13. The molecule has 0 aliphatic heterocycles. The first-order chi connectivity index (χ1) is 9.02. The summed E-state index contributed by atoms with van der Waals surface area (Å²) in [6, 6.07) is 5.42. The zero-order chi connectivity index (χ0) is 14.3. The third kappa shape index (κ3) is 5.70. The zero-order valence-corrected chi connectivity index (χ0v) is 11.4. The van der Waals surface area contributed by atoms with Crippen LogP contribution in [0.25, 0.3) is 0 Å². The Labute approximate surface area is 113 Å². The molecular weight excluding hydrogens is 247 g/mol. The first kappa shape index (κ1) is 15.4. The van der Waals surface area contributed by atoms with Gasteiger partial charge in [0.05, 0.1) is 12.6 Å². The third-order valence-electron chi connectivity index (χ3n) is 2.63. The number of hydrogen-bond acceptors (Lipinski definition) is 3. The van der Waals surface area contributed by atoms with E-state index in [2.05, 4.69) is 5.32 Å². The van der Waals surface area contributed by atoms with Crippen LogP contribution < -0.4 is 15.8 Å². The fourth-order valence-electron chi connectivity index (χ4n) is 1.63. The molecule has 0 saturated heterocycles. The quantitative estimate of drug-likeness (QED) is 0.793. The van der Waals surface area contributed by atoms with Gasteiger partial charge >= 0.3 is 0 Å². The van der Waals surface area contributed by atoms with E-state index in [-0.39, 0.29) is 17.8 Å². The molecule has 0 radical (unpaired) electrons. The Kier molecular flexibility index (Phi) is 6.29. The van der Waals surface area contributed by atoms with Crippen molar-refractivity contribution in [3.8, 4) is 5.75 Å². The summed E-state index contributed by atoms with van der Waals surface area (Å²) in [5.74, 6) is -0.0881. The van der Waals surface area contributed by atoms with Gasteiger partial charge in [0.25, 0.3) is 0 Å². The summed E-state index contributed by atoms with van der Waals surface area (Å²) in [5.41, 5.74) is 5.68. The largest absolute Gasteiger partial charge is 0.489 e. The molecular formula is C14H21FN2O2. The van der Waals surface area contributed by atoms with Gasteiger partial charge < -0.3 is 15.8 Å². The summed E-state index contributed by atoms with van der Waals surface area (Å²) in [4.78, 5) is 11.6. The van der Waals surface area contributed by atoms with Gasteiger partial charge in [-0.05, 0) is 25.5 Å². The molecule has 0 aliphatic rings. The molecule has 1 amide bonds. The molecule has 19 heavy (non-hydrogen) atoms. The van der Waals surface area contributed by atoms with Crippen LogP contribution in [0.4, 0.5) is 4.39 Å². The van der Waals surface area contributed by atoms with Crippen molar-refractivity contribution in [2.75, 3.05) is 6.54 Å². The monoisotopic (exact) mass is 268 g/mol. The Bertz CT molecular complexity index is 412. The van der Waals surface area contributed by atoms with Gasteiger partial charge in [0.2, 0.25) is 5.91 Å². The Morgan fingerprint density at radius 3 is 2.89 bits per heavy atom. The number of benzene rings is 1. The van der Waals surface area contributed by atoms with E-state index in [1.54, 1.807) is 19.1 Å². The predicted molar refractivity (Wildman–Crippen MR) is 72.4 cm³/mol. The van der Waals surface area contributed by atoms with Crippen molar-refractivity contribution >= 4 is 5.91 Å². The van der Waals surface area contributed by atoms with Crippen molar-refractivity contribution in [2.45, 2.75) is 38.8 Å². The molecule has 1 aromatic rings. The highest BCUT2D eigenvalue weighted by Gasteiger charge is 2.13. The maximum Gasteiger partial charge on any atom is 0.237 e. The SMILES string of the molecule is CCCC(N)C(=O)NCC(C)Oc1cccc(F)c1. The topological polar surface area (TPSA) is 64.4 Å². The second-order valence-electron chi connectivity index (χ2n) is 4.53. The maximum absolute atomic E-state index is 13.0. The minimum Gasteiger partial charge on any atom is -0.489 e. The normalized spacial score (nSPS) is 13.7. The van der Waals surface area contributed by atoms with E-state index in [9.17, 15) is 9.18 Å². The molecule has 0 bridgehead atoms. The molecule has 2 unspecified atom stereocenters. The van der Waals surface area contributed by atoms with E-state index in [4.69, 9.17) is 10.5 Å². The van der Waals surface area contributed by atoms with Gasteiger partial charge in [0.15, 0.2) is 0 Å². The van der Waals surface area contributed by atoms with Crippen LogP contribution >= 0.6 is 0 Å². The Morgan fingerprint density at radius 2 is 2.26 bits per heavy atom. The van der Waals surface area contributed by atoms with Gasteiger partial charge in [0.1, 0.15) is 17.7 Å². The van der Waals surface area contributed by atoms with Crippen molar-refractivity contribution in [2.24, 2.45) is 5.73 Å². The van der Waals surface area contributed by atoms with Crippen LogP contribution in [0, 0.1) is 5.82 Å². The van der Waals surface area contributed by atoms with Gasteiger partial charge in [-0.1, -0.05) is 19.4 Å². The van der Waals surface area contributed by atoms with Gasteiger partial charge in [0, 0.05) is 6.07 Å². The summed E-state index contributed by atoms with van der Waals surface area (Å²) in [7, 11) is 0. The van der Waals surface area contributed by atoms with Gasteiger partial charge in [-0.15, -0.1) is 0 Å². The first-order valence-electron chi connectivity index (χ1n) is 6.48. The number of nitrogens with two attached hydrogens (primary N) is 1. The maximum atomic E-state index is 13.0. The van der Waals surface area contributed by atoms with Gasteiger partial charge in [-0.3, -0.25) is 4.79 Å². The van der Waals surface area contributed by atoms with E-state index in [1.807, 2.05) is 6.92 Å². The Balaban J connectivity index is 2.35. The molecule has 1 rings (SSSR count). The van der Waals surface area contributed by atoms with Crippen LogP contribution in [-0.2, 0) is 4.79 Å². The molecule has 0 heterocycles. The zero-order valence-electron chi connectivity index (χ0n) is 11.4. The smallest absolute Gasteiger partial charge is 0.237 e. The van der Waals surface area contributed by atoms with E-state index in [1.165, 1.54) is 12.1 Å². The van der Waals surface area contributed by atoms with Crippen molar-refractivity contribution in [3.63, 3.8) is 0 Å². The number of hydrogen-bond donors (Lipinski definition) is 2. The van der Waals surface area contributed by atoms with Crippen LogP contribution in [-0.4, -0.2) is 24.6 Å². The molecule has 2 atom stereocenters. The lowest BCUT2D eigenvalue weighted by molar-refractivity contribution is -0.122. The number of halogens is 1. The summed E-state index contributed by atoms with van der Waals surface area (Å²) in [5, 5.41) is 2.72. The third-order valence-corrected chi connectivity index (χ3v) is 2.63. The minimum atomic E-state index is -0.480. The molecule has 0 aromatic heterocycles. The Morgan fingerprint density at radius 1 is 1.53 bits per heavy atom.